The molecule has 7 nitrogen and oxygen atoms in total. The van der Waals surface area contributed by atoms with Gasteiger partial charge >= 0.3 is 0 Å². The molecule has 0 bridgehead atoms. The molecule has 7 heteroatoms. The maximum absolute atomic E-state index is 12.7. The lowest BCUT2D eigenvalue weighted by Gasteiger charge is -2.40. The quantitative estimate of drug-likeness (QED) is 0.828. The first-order valence-corrected chi connectivity index (χ1v) is 8.81. The lowest BCUT2D eigenvalue weighted by Crippen LogP contribution is -2.59. The van der Waals surface area contributed by atoms with Crippen LogP contribution in [0.5, 0.6) is 0 Å². The van der Waals surface area contributed by atoms with Crippen molar-refractivity contribution < 1.29 is 9.59 Å². The number of nitrogens with zero attached hydrogens (tertiary/aromatic N) is 3. The number of nitrogens with one attached hydrogen (secondary N) is 1. The molecular formula is C19H25N5O2. The molecular weight excluding hydrogens is 330 g/mol. The van der Waals surface area contributed by atoms with Crippen molar-refractivity contribution in [3.63, 3.8) is 0 Å². The van der Waals surface area contributed by atoms with E-state index in [9.17, 15) is 9.59 Å². The smallest absolute Gasteiger partial charge is 0.236 e. The minimum absolute atomic E-state index is 0.00297. The summed E-state index contributed by atoms with van der Waals surface area (Å²) in [6.07, 6.45) is 0.290. The highest BCUT2D eigenvalue weighted by molar-refractivity contribution is 5.83. The first kappa shape index (κ1) is 18.1. The number of nitrogens with two attached hydrogens (primary N) is 1. The van der Waals surface area contributed by atoms with E-state index in [1.807, 2.05) is 44.2 Å². The van der Waals surface area contributed by atoms with Crippen LogP contribution in [0.3, 0.4) is 0 Å². The molecule has 1 unspecified atom stereocenters. The number of rotatable bonds is 5. The van der Waals surface area contributed by atoms with Crippen molar-refractivity contribution in [2.24, 2.45) is 5.73 Å². The van der Waals surface area contributed by atoms with Gasteiger partial charge in [0, 0.05) is 37.4 Å². The minimum Gasteiger partial charge on any atom is -0.368 e. The average Bonchev–Trinajstić information content (AvgIpc) is 2.94. The molecule has 2 heterocycles. The Morgan fingerprint density at radius 2 is 1.96 bits per heavy atom. The van der Waals surface area contributed by atoms with Gasteiger partial charge in [0.25, 0.3) is 0 Å². The molecule has 0 spiro atoms. The largest absolute Gasteiger partial charge is 0.368 e. The molecule has 1 aromatic carbocycles. The summed E-state index contributed by atoms with van der Waals surface area (Å²) in [6, 6.07) is 9.50. The predicted octanol–water partition coefficient (Wildman–Crippen LogP) is 0.767. The maximum Gasteiger partial charge on any atom is 0.236 e. The summed E-state index contributed by atoms with van der Waals surface area (Å²) in [4.78, 5) is 28.5. The second kappa shape index (κ2) is 7.70. The Hall–Kier alpha value is -2.67. The summed E-state index contributed by atoms with van der Waals surface area (Å²) < 4.78 is 0. The number of aromatic nitrogens is 2. The first-order valence-electron chi connectivity index (χ1n) is 8.81. The number of aryl methyl sites for hydroxylation is 2. The van der Waals surface area contributed by atoms with Gasteiger partial charge < -0.3 is 10.6 Å². The van der Waals surface area contributed by atoms with Crippen molar-refractivity contribution >= 4 is 11.8 Å². The zero-order valence-corrected chi connectivity index (χ0v) is 15.2. The van der Waals surface area contributed by atoms with Gasteiger partial charge in [0.15, 0.2) is 0 Å². The van der Waals surface area contributed by atoms with E-state index >= 15 is 0 Å². The van der Waals surface area contributed by atoms with Gasteiger partial charge in [-0.05, 0) is 19.4 Å². The summed E-state index contributed by atoms with van der Waals surface area (Å²) in [7, 11) is 0. The highest BCUT2D eigenvalue weighted by Gasteiger charge is 2.33. The zero-order valence-electron chi connectivity index (χ0n) is 15.2. The van der Waals surface area contributed by atoms with Crippen molar-refractivity contribution in [1.29, 1.82) is 0 Å². The number of aromatic amines is 1. The fourth-order valence-electron chi connectivity index (χ4n) is 3.42. The van der Waals surface area contributed by atoms with Gasteiger partial charge in [0.2, 0.25) is 11.8 Å². The number of hydrogen-bond donors (Lipinski definition) is 2. The van der Waals surface area contributed by atoms with E-state index in [1.165, 1.54) is 0 Å². The molecule has 0 saturated carbocycles. The molecule has 1 aliphatic heterocycles. The zero-order chi connectivity index (χ0) is 18.7. The molecule has 1 fully saturated rings. The van der Waals surface area contributed by atoms with E-state index in [0.717, 1.165) is 22.5 Å². The molecule has 138 valence electrons. The second-order valence-electron chi connectivity index (χ2n) is 6.80. The molecule has 1 aliphatic rings. The predicted molar refractivity (Wildman–Crippen MR) is 98.2 cm³/mol. The third-order valence-electron chi connectivity index (χ3n) is 5.01. The van der Waals surface area contributed by atoms with Crippen LogP contribution in [0.15, 0.2) is 30.3 Å². The van der Waals surface area contributed by atoms with Gasteiger partial charge in [-0.3, -0.25) is 19.6 Å². The Bertz CT molecular complexity index is 767. The van der Waals surface area contributed by atoms with Crippen LogP contribution in [-0.2, 0) is 22.6 Å². The van der Waals surface area contributed by atoms with E-state index in [2.05, 4.69) is 15.1 Å². The fraction of sp³-hybridized carbons (Fsp3) is 0.421. The lowest BCUT2D eigenvalue weighted by atomic mass is 10.1. The Kier molecular flexibility index (Phi) is 5.37. The van der Waals surface area contributed by atoms with Crippen molar-refractivity contribution in [3.05, 3.63) is 52.8 Å². The Morgan fingerprint density at radius 3 is 2.58 bits per heavy atom. The van der Waals surface area contributed by atoms with E-state index in [4.69, 9.17) is 5.73 Å². The highest BCUT2D eigenvalue weighted by Crippen LogP contribution is 2.17. The van der Waals surface area contributed by atoms with Crippen LogP contribution in [-0.4, -0.2) is 57.5 Å². The standard InChI is InChI=1S/C19H25N5O2/c1-13-16(14(2)22-21-13)10-18(25)24-9-8-23(17(12-24)19(20)26)11-15-6-4-3-5-7-15/h3-7,17H,8-12H2,1-2H3,(H2,20,26)(H,21,22). The molecule has 2 amide bonds. The van der Waals surface area contributed by atoms with Crippen LogP contribution >= 0.6 is 0 Å². The number of piperazine rings is 1. The SMILES string of the molecule is Cc1n[nH]c(C)c1CC(=O)N1CCN(Cc2ccccc2)C(C(N)=O)C1. The molecule has 1 saturated heterocycles. The van der Waals surface area contributed by atoms with E-state index in [0.29, 0.717) is 32.6 Å². The highest BCUT2D eigenvalue weighted by atomic mass is 16.2. The van der Waals surface area contributed by atoms with Crippen LogP contribution in [0.1, 0.15) is 22.5 Å². The van der Waals surface area contributed by atoms with Crippen molar-refractivity contribution in [1.82, 2.24) is 20.0 Å². The number of hydrogen-bond acceptors (Lipinski definition) is 4. The summed E-state index contributed by atoms with van der Waals surface area (Å²) >= 11 is 0. The molecule has 1 atom stereocenters. The van der Waals surface area contributed by atoms with Gasteiger partial charge in [-0.1, -0.05) is 30.3 Å². The monoisotopic (exact) mass is 355 g/mol. The molecule has 1 aromatic heterocycles. The maximum atomic E-state index is 12.7. The van der Waals surface area contributed by atoms with Crippen molar-refractivity contribution in [2.75, 3.05) is 19.6 Å². The number of carbonyl (C=O) groups is 2. The Morgan fingerprint density at radius 1 is 1.23 bits per heavy atom. The van der Waals surface area contributed by atoms with E-state index < -0.39 is 11.9 Å². The minimum atomic E-state index is -0.473. The topological polar surface area (TPSA) is 95.3 Å². The molecule has 3 rings (SSSR count). The van der Waals surface area contributed by atoms with Crippen LogP contribution in [0.2, 0.25) is 0 Å². The van der Waals surface area contributed by atoms with E-state index in [1.54, 1.807) is 4.90 Å². The van der Waals surface area contributed by atoms with Crippen LogP contribution in [0, 0.1) is 13.8 Å². The van der Waals surface area contributed by atoms with Gasteiger partial charge in [-0.15, -0.1) is 0 Å². The lowest BCUT2D eigenvalue weighted by molar-refractivity contribution is -0.136. The third-order valence-corrected chi connectivity index (χ3v) is 5.01. The Balaban J connectivity index is 1.67. The molecule has 26 heavy (non-hydrogen) atoms. The normalized spacial score (nSPS) is 18.1. The third kappa shape index (κ3) is 3.94. The number of H-pyrrole nitrogens is 1. The molecule has 0 aliphatic carbocycles. The Labute approximate surface area is 153 Å². The molecule has 3 N–H and O–H groups in total. The van der Waals surface area contributed by atoms with Crippen molar-refractivity contribution in [3.8, 4) is 0 Å². The van der Waals surface area contributed by atoms with Crippen LogP contribution in [0.4, 0.5) is 0 Å². The van der Waals surface area contributed by atoms with Gasteiger partial charge in [-0.2, -0.15) is 5.10 Å². The molecule has 2 aromatic rings. The number of benzene rings is 1. The van der Waals surface area contributed by atoms with Crippen LogP contribution in [0.25, 0.3) is 0 Å². The molecule has 0 radical (unpaired) electrons. The summed E-state index contributed by atoms with van der Waals surface area (Å²) in [6.45, 7) is 5.99. The second-order valence-corrected chi connectivity index (χ2v) is 6.80. The van der Waals surface area contributed by atoms with Crippen molar-refractivity contribution in [2.45, 2.75) is 32.9 Å². The number of carbonyl (C=O) groups excluding carboxylic acids is 2. The summed E-state index contributed by atoms with van der Waals surface area (Å²) in [5.41, 5.74) is 9.43. The average molecular weight is 355 g/mol. The summed E-state index contributed by atoms with van der Waals surface area (Å²) in [5, 5.41) is 7.04. The van der Waals surface area contributed by atoms with Crippen LogP contribution < -0.4 is 5.73 Å². The van der Waals surface area contributed by atoms with Gasteiger partial charge in [-0.25, -0.2) is 0 Å². The number of primary amides is 1. The number of amides is 2. The van der Waals surface area contributed by atoms with Gasteiger partial charge in [0.05, 0.1) is 12.1 Å². The first-order chi connectivity index (χ1) is 12.5. The van der Waals surface area contributed by atoms with Gasteiger partial charge in [0.1, 0.15) is 6.04 Å². The fourth-order valence-corrected chi connectivity index (χ4v) is 3.42. The summed E-state index contributed by atoms with van der Waals surface area (Å²) in [5.74, 6) is -0.391. The van der Waals surface area contributed by atoms with E-state index in [-0.39, 0.29) is 5.91 Å².